The minimum Gasteiger partial charge on any atom is -0.287 e. The number of anilines is 1. The van der Waals surface area contributed by atoms with Crippen LogP contribution in [-0.4, -0.2) is 27.2 Å². The fraction of sp³-hybridized carbons (Fsp3) is 0.304. The Morgan fingerprint density at radius 3 is 2.73 bits per heavy atom. The van der Waals surface area contributed by atoms with E-state index in [1.165, 1.54) is 45.2 Å². The van der Waals surface area contributed by atoms with Gasteiger partial charge in [-0.25, -0.2) is 9.67 Å². The normalized spacial score (nSPS) is 13.5. The van der Waals surface area contributed by atoms with E-state index in [0.717, 1.165) is 48.4 Å². The van der Waals surface area contributed by atoms with E-state index in [9.17, 15) is 22.8 Å². The lowest BCUT2D eigenvalue weighted by Crippen LogP contribution is -2.36. The van der Waals surface area contributed by atoms with Crippen molar-refractivity contribution in [3.63, 3.8) is 0 Å². The van der Waals surface area contributed by atoms with Crippen LogP contribution < -0.4 is 10.3 Å². The minimum atomic E-state index is -4.54. The Hall–Kier alpha value is -3.27. The molecule has 4 rings (SSSR count). The zero-order valence-electron chi connectivity index (χ0n) is 17.9. The van der Waals surface area contributed by atoms with Crippen LogP contribution in [0.15, 0.2) is 47.8 Å². The summed E-state index contributed by atoms with van der Waals surface area (Å²) >= 11 is 1.41. The number of rotatable bonds is 5. The summed E-state index contributed by atoms with van der Waals surface area (Å²) in [6.45, 7) is 5.35. The summed E-state index contributed by atoms with van der Waals surface area (Å²) < 4.78 is 40.7. The van der Waals surface area contributed by atoms with Gasteiger partial charge in [-0.05, 0) is 50.8 Å². The number of aryl methyl sites for hydroxylation is 3. The van der Waals surface area contributed by atoms with Crippen LogP contribution in [0.4, 0.5) is 18.3 Å². The van der Waals surface area contributed by atoms with Crippen molar-refractivity contribution in [3.8, 4) is 5.69 Å². The molecule has 0 saturated carbocycles. The molecule has 0 unspecified atom stereocenters. The highest BCUT2D eigenvalue weighted by Crippen LogP contribution is 2.33. The predicted octanol–water partition coefficient (Wildman–Crippen LogP) is 4.73. The van der Waals surface area contributed by atoms with Gasteiger partial charge in [0.25, 0.3) is 5.91 Å². The van der Waals surface area contributed by atoms with Crippen LogP contribution in [0.5, 0.6) is 0 Å². The average molecular weight is 475 g/mol. The molecule has 0 saturated heterocycles. The highest BCUT2D eigenvalue weighted by Gasteiger charge is 2.31. The molecule has 0 radical (unpaired) electrons. The summed E-state index contributed by atoms with van der Waals surface area (Å²) in [5.74, 6) is -0.674. The molecule has 3 aromatic rings. The zero-order chi connectivity index (χ0) is 23.8. The number of hydrogen-bond donors (Lipinski definition) is 0. The fourth-order valence-electron chi connectivity index (χ4n) is 3.73. The van der Waals surface area contributed by atoms with Crippen molar-refractivity contribution in [1.29, 1.82) is 0 Å². The Kier molecular flexibility index (Phi) is 6.20. The van der Waals surface area contributed by atoms with Gasteiger partial charge in [-0.15, -0.1) is 17.9 Å². The van der Waals surface area contributed by atoms with Gasteiger partial charge < -0.3 is 0 Å². The molecule has 0 atom stereocenters. The van der Waals surface area contributed by atoms with Gasteiger partial charge in [-0.2, -0.15) is 18.3 Å². The smallest absolute Gasteiger partial charge is 0.287 e. The number of amides is 1. The summed E-state index contributed by atoms with van der Waals surface area (Å²) in [5, 5.41) is 4.62. The minimum absolute atomic E-state index is 0.0939. The largest absolute Gasteiger partial charge is 0.416 e. The van der Waals surface area contributed by atoms with E-state index in [-0.39, 0.29) is 12.2 Å². The van der Waals surface area contributed by atoms with E-state index in [1.54, 1.807) is 6.92 Å². The molecule has 0 spiro atoms. The van der Waals surface area contributed by atoms with Crippen LogP contribution in [0.3, 0.4) is 0 Å². The summed E-state index contributed by atoms with van der Waals surface area (Å²) in [6, 6.07) is 5.76. The second-order valence-electron chi connectivity index (χ2n) is 7.74. The number of carbonyl (C=O) groups excluding carboxylic acids is 1. The lowest BCUT2D eigenvalue weighted by molar-refractivity contribution is -0.137. The van der Waals surface area contributed by atoms with Gasteiger partial charge in [0.2, 0.25) is 5.43 Å². The molecule has 2 heterocycles. The van der Waals surface area contributed by atoms with Crippen LogP contribution in [0, 0.1) is 6.92 Å². The second-order valence-corrected chi connectivity index (χ2v) is 8.80. The van der Waals surface area contributed by atoms with Crippen molar-refractivity contribution in [2.24, 2.45) is 0 Å². The van der Waals surface area contributed by atoms with Crippen molar-refractivity contribution < 1.29 is 18.0 Å². The van der Waals surface area contributed by atoms with E-state index in [4.69, 9.17) is 0 Å². The molecule has 0 fully saturated rings. The Bertz CT molecular complexity index is 1260. The average Bonchev–Trinajstić information content (AvgIpc) is 3.20. The molecule has 1 aliphatic carbocycles. The van der Waals surface area contributed by atoms with Crippen molar-refractivity contribution in [2.45, 2.75) is 38.8 Å². The highest BCUT2D eigenvalue weighted by atomic mass is 32.1. The Labute approximate surface area is 192 Å². The molecule has 172 valence electrons. The van der Waals surface area contributed by atoms with Crippen molar-refractivity contribution in [1.82, 2.24) is 14.8 Å². The zero-order valence-corrected chi connectivity index (χ0v) is 18.7. The third-order valence-corrected chi connectivity index (χ3v) is 6.53. The van der Waals surface area contributed by atoms with E-state index in [2.05, 4.69) is 16.7 Å². The number of halogens is 3. The van der Waals surface area contributed by atoms with Gasteiger partial charge >= 0.3 is 6.18 Å². The van der Waals surface area contributed by atoms with Crippen LogP contribution >= 0.6 is 11.3 Å². The molecule has 0 bridgehead atoms. The SMILES string of the molecule is C=CCN(C(=O)c1nn(-c2cccc(C(F)(F)F)c2)c(C)cc1=O)c1nc2c(s1)CCCC2. The molecule has 33 heavy (non-hydrogen) atoms. The van der Waals surface area contributed by atoms with E-state index < -0.39 is 28.8 Å². The quantitative estimate of drug-likeness (QED) is 0.502. The molecule has 0 N–H and O–H groups in total. The maximum absolute atomic E-state index is 13.4. The van der Waals surface area contributed by atoms with Crippen LogP contribution in [0.25, 0.3) is 5.69 Å². The van der Waals surface area contributed by atoms with Gasteiger partial charge in [0.1, 0.15) is 0 Å². The van der Waals surface area contributed by atoms with Gasteiger partial charge in [0, 0.05) is 23.2 Å². The number of thiazole rings is 1. The lowest BCUT2D eigenvalue weighted by Gasteiger charge is -2.18. The van der Waals surface area contributed by atoms with E-state index in [0.29, 0.717) is 10.8 Å². The van der Waals surface area contributed by atoms with Crippen molar-refractivity contribution in [3.05, 3.63) is 80.7 Å². The number of carbonyl (C=O) groups is 1. The molecule has 0 aliphatic heterocycles. The molecule has 2 aromatic heterocycles. The third-order valence-electron chi connectivity index (χ3n) is 5.35. The van der Waals surface area contributed by atoms with E-state index >= 15 is 0 Å². The molecule has 1 aromatic carbocycles. The summed E-state index contributed by atoms with van der Waals surface area (Å²) in [5.41, 5.74) is -0.507. The molecular weight excluding hydrogens is 453 g/mol. The predicted molar refractivity (Wildman–Crippen MR) is 120 cm³/mol. The first-order chi connectivity index (χ1) is 15.7. The molecular formula is C23H21F3N4O2S. The number of aromatic nitrogens is 3. The number of fused-ring (bicyclic) bond motifs is 1. The van der Waals surface area contributed by atoms with Gasteiger partial charge in [0.15, 0.2) is 10.8 Å². The third kappa shape index (κ3) is 4.61. The van der Waals surface area contributed by atoms with Crippen LogP contribution in [0.2, 0.25) is 0 Å². The summed E-state index contributed by atoms with van der Waals surface area (Å²) in [6.07, 6.45) is 0.823. The maximum atomic E-state index is 13.4. The first-order valence-electron chi connectivity index (χ1n) is 10.4. The molecule has 1 aliphatic rings. The topological polar surface area (TPSA) is 68.1 Å². The number of benzene rings is 1. The number of alkyl halides is 3. The first kappa shape index (κ1) is 22.9. The molecule has 1 amide bonds. The first-order valence-corrected chi connectivity index (χ1v) is 11.2. The van der Waals surface area contributed by atoms with Crippen LogP contribution in [0.1, 0.15) is 45.2 Å². The monoisotopic (exact) mass is 474 g/mol. The molecule has 6 nitrogen and oxygen atoms in total. The highest BCUT2D eigenvalue weighted by molar-refractivity contribution is 7.16. The van der Waals surface area contributed by atoms with Gasteiger partial charge in [-0.1, -0.05) is 12.1 Å². The van der Waals surface area contributed by atoms with E-state index in [1.807, 2.05) is 0 Å². The maximum Gasteiger partial charge on any atom is 0.416 e. The second kappa shape index (κ2) is 8.93. The lowest BCUT2D eigenvalue weighted by atomic mass is 10.0. The summed E-state index contributed by atoms with van der Waals surface area (Å²) in [4.78, 5) is 33.1. The molecule has 10 heteroatoms. The van der Waals surface area contributed by atoms with Crippen molar-refractivity contribution in [2.75, 3.05) is 11.4 Å². The van der Waals surface area contributed by atoms with Gasteiger partial charge in [-0.3, -0.25) is 14.5 Å². The van der Waals surface area contributed by atoms with Crippen molar-refractivity contribution >= 4 is 22.4 Å². The van der Waals surface area contributed by atoms with Gasteiger partial charge in [0.05, 0.1) is 16.9 Å². The Morgan fingerprint density at radius 2 is 2.03 bits per heavy atom. The fourth-order valence-corrected chi connectivity index (χ4v) is 4.89. The Balaban J connectivity index is 1.76. The Morgan fingerprint density at radius 1 is 1.27 bits per heavy atom. The standard InChI is InChI=1S/C23H21F3N4O2S/c1-3-11-29(22-27-17-9-4-5-10-19(17)33-22)21(32)20-18(31)12-14(2)30(28-20)16-8-6-7-15(13-16)23(24,25)26/h3,6-8,12-13H,1,4-5,9-11H2,2H3. The number of nitrogens with zero attached hydrogens (tertiary/aromatic N) is 4. The summed E-state index contributed by atoms with van der Waals surface area (Å²) in [7, 11) is 0. The number of hydrogen-bond acceptors (Lipinski definition) is 5. The van der Waals surface area contributed by atoms with Crippen LogP contribution in [-0.2, 0) is 19.0 Å².